The van der Waals surface area contributed by atoms with Gasteiger partial charge in [0.05, 0.1) is 11.3 Å². The van der Waals surface area contributed by atoms with E-state index in [2.05, 4.69) is 5.32 Å². The second kappa shape index (κ2) is 5.35. The lowest BCUT2D eigenvalue weighted by Crippen LogP contribution is -2.53. The first-order valence-corrected chi connectivity index (χ1v) is 7.58. The molecular weight excluding hydrogens is 311 g/mol. The molecule has 7 nitrogen and oxygen atoms in total. The molecule has 2 aromatic carbocycles. The van der Waals surface area contributed by atoms with Crippen molar-refractivity contribution in [3.8, 4) is 5.75 Å². The summed E-state index contributed by atoms with van der Waals surface area (Å²) >= 11 is 0. The Morgan fingerprint density at radius 1 is 1.21 bits per heavy atom. The summed E-state index contributed by atoms with van der Waals surface area (Å²) in [5.41, 5.74) is 1.10. The average Bonchev–Trinajstić information content (AvgIpc) is 2.85. The summed E-state index contributed by atoms with van der Waals surface area (Å²) in [6.45, 7) is 0. The van der Waals surface area contributed by atoms with Crippen molar-refractivity contribution >= 4 is 41.9 Å². The van der Waals surface area contributed by atoms with Crippen LogP contribution in [0.4, 0.5) is 5.69 Å². The highest BCUT2D eigenvalue weighted by Gasteiger charge is 2.40. The molecule has 1 atom stereocenters. The fourth-order valence-electron chi connectivity index (χ4n) is 3.41. The monoisotopic (exact) mass is 324 g/mol. The molecule has 2 heterocycles. The van der Waals surface area contributed by atoms with Gasteiger partial charge < -0.3 is 9.68 Å². The van der Waals surface area contributed by atoms with Gasteiger partial charge in [0.15, 0.2) is 0 Å². The van der Waals surface area contributed by atoms with E-state index >= 15 is 0 Å². The zero-order valence-electron chi connectivity index (χ0n) is 12.6. The van der Waals surface area contributed by atoms with E-state index in [4.69, 9.17) is 9.68 Å². The van der Waals surface area contributed by atoms with Gasteiger partial charge in [-0.1, -0.05) is 12.1 Å². The summed E-state index contributed by atoms with van der Waals surface area (Å²) in [7, 11) is -0.469. The molecule has 1 unspecified atom stereocenters. The maximum atomic E-state index is 12.8. The fourth-order valence-corrected chi connectivity index (χ4v) is 3.41. The van der Waals surface area contributed by atoms with Crippen molar-refractivity contribution in [2.75, 3.05) is 4.90 Å². The number of nitrogens with zero attached hydrogens (tertiary/aromatic N) is 1. The molecule has 120 valence electrons. The van der Waals surface area contributed by atoms with E-state index in [9.17, 15) is 14.4 Å². The predicted octanol–water partition coefficient (Wildman–Crippen LogP) is 0.243. The molecule has 1 saturated heterocycles. The number of rotatable bonds is 3. The number of hydrogen-bond donors (Lipinski definition) is 2. The standard InChI is InChI=1S/C16H13BN2O5/c20-13-7-5-11(15(21)18-13)19-10-3-1-2-8-12(24-17-23)6-4-9(14(8)10)16(19)22/h1-4,6,11,17,23H,5,7H2,(H,18,20,21). The summed E-state index contributed by atoms with van der Waals surface area (Å²) in [5.74, 6) is -0.587. The maximum Gasteiger partial charge on any atom is 0.504 e. The zero-order valence-corrected chi connectivity index (χ0v) is 12.6. The van der Waals surface area contributed by atoms with E-state index in [1.165, 1.54) is 4.90 Å². The van der Waals surface area contributed by atoms with Gasteiger partial charge in [0.25, 0.3) is 5.91 Å². The van der Waals surface area contributed by atoms with Crippen LogP contribution in [0.5, 0.6) is 5.75 Å². The molecule has 8 heteroatoms. The van der Waals surface area contributed by atoms with Gasteiger partial charge in [0, 0.05) is 17.2 Å². The first-order chi connectivity index (χ1) is 11.6. The van der Waals surface area contributed by atoms with Crippen molar-refractivity contribution in [2.45, 2.75) is 18.9 Å². The Bertz CT molecular complexity index is 897. The predicted molar refractivity (Wildman–Crippen MR) is 86.9 cm³/mol. The third-order valence-electron chi connectivity index (χ3n) is 4.43. The highest BCUT2D eigenvalue weighted by Crippen LogP contribution is 2.42. The highest BCUT2D eigenvalue weighted by atomic mass is 16.5. The Kier molecular flexibility index (Phi) is 3.28. The van der Waals surface area contributed by atoms with Crippen molar-refractivity contribution in [1.29, 1.82) is 0 Å². The molecule has 0 spiro atoms. The molecule has 0 radical (unpaired) electrons. The van der Waals surface area contributed by atoms with E-state index in [1.807, 2.05) is 0 Å². The molecule has 2 aliphatic heterocycles. The van der Waals surface area contributed by atoms with Gasteiger partial charge in [-0.3, -0.25) is 24.6 Å². The lowest BCUT2D eigenvalue weighted by molar-refractivity contribution is -0.134. The van der Waals surface area contributed by atoms with Crippen LogP contribution in [-0.4, -0.2) is 36.5 Å². The number of amides is 3. The van der Waals surface area contributed by atoms with Gasteiger partial charge in [-0.15, -0.1) is 0 Å². The molecule has 4 rings (SSSR count). The molecular formula is C16H13BN2O5. The zero-order chi connectivity index (χ0) is 16.8. The molecule has 1 fully saturated rings. The third-order valence-corrected chi connectivity index (χ3v) is 4.43. The van der Waals surface area contributed by atoms with Crippen LogP contribution in [0.15, 0.2) is 30.3 Å². The molecule has 0 aromatic heterocycles. The number of imide groups is 1. The largest absolute Gasteiger partial charge is 0.538 e. The molecule has 24 heavy (non-hydrogen) atoms. The minimum atomic E-state index is -0.713. The second-order valence-electron chi connectivity index (χ2n) is 5.73. The molecule has 2 aliphatic rings. The van der Waals surface area contributed by atoms with Crippen LogP contribution in [0.3, 0.4) is 0 Å². The fraction of sp³-hybridized carbons (Fsp3) is 0.188. The van der Waals surface area contributed by atoms with E-state index in [1.54, 1.807) is 30.3 Å². The Morgan fingerprint density at radius 2 is 2.04 bits per heavy atom. The molecule has 2 aromatic rings. The van der Waals surface area contributed by atoms with Gasteiger partial charge in [-0.2, -0.15) is 0 Å². The van der Waals surface area contributed by atoms with Crippen molar-refractivity contribution in [3.63, 3.8) is 0 Å². The lowest BCUT2D eigenvalue weighted by Gasteiger charge is -2.30. The van der Waals surface area contributed by atoms with Gasteiger partial charge in [-0.25, -0.2) is 0 Å². The van der Waals surface area contributed by atoms with E-state index in [0.717, 1.165) is 0 Å². The van der Waals surface area contributed by atoms with Gasteiger partial charge in [-0.05, 0) is 24.6 Å². The molecule has 2 N–H and O–H groups in total. The Morgan fingerprint density at radius 3 is 2.79 bits per heavy atom. The van der Waals surface area contributed by atoms with Crippen molar-refractivity contribution in [2.24, 2.45) is 0 Å². The van der Waals surface area contributed by atoms with Crippen molar-refractivity contribution in [3.05, 3.63) is 35.9 Å². The summed E-state index contributed by atoms with van der Waals surface area (Å²) < 4.78 is 5.21. The summed E-state index contributed by atoms with van der Waals surface area (Å²) in [5, 5.41) is 12.7. The van der Waals surface area contributed by atoms with Crippen LogP contribution in [-0.2, 0) is 9.59 Å². The molecule has 0 saturated carbocycles. The van der Waals surface area contributed by atoms with Crippen molar-refractivity contribution < 1.29 is 24.1 Å². The average molecular weight is 324 g/mol. The van der Waals surface area contributed by atoms with E-state index in [0.29, 0.717) is 34.2 Å². The number of anilines is 1. The Balaban J connectivity index is 1.85. The van der Waals surface area contributed by atoms with Crippen LogP contribution in [0.2, 0.25) is 0 Å². The van der Waals surface area contributed by atoms with E-state index < -0.39 is 19.6 Å². The second-order valence-corrected chi connectivity index (χ2v) is 5.73. The van der Waals surface area contributed by atoms with Crippen LogP contribution < -0.4 is 14.9 Å². The van der Waals surface area contributed by atoms with E-state index in [-0.39, 0.29) is 18.2 Å². The number of carbonyl (C=O) groups is 3. The smallest absolute Gasteiger partial charge is 0.504 e. The van der Waals surface area contributed by atoms with Crippen molar-refractivity contribution in [1.82, 2.24) is 5.32 Å². The van der Waals surface area contributed by atoms with Gasteiger partial charge in [0.2, 0.25) is 11.8 Å². The Labute approximate surface area is 137 Å². The molecule has 3 amide bonds. The van der Waals surface area contributed by atoms with Crippen LogP contribution >= 0.6 is 0 Å². The highest BCUT2D eigenvalue weighted by molar-refractivity contribution is 6.28. The Hall–Kier alpha value is -2.87. The normalized spacial score (nSPS) is 19.6. The topological polar surface area (TPSA) is 95.9 Å². The number of nitrogens with one attached hydrogen (secondary N) is 1. The number of carbonyl (C=O) groups excluding carboxylic acids is 3. The first kappa shape index (κ1) is 14.7. The number of hydrogen-bond acceptors (Lipinski definition) is 5. The van der Waals surface area contributed by atoms with Gasteiger partial charge in [0.1, 0.15) is 11.8 Å². The SMILES string of the molecule is O=C1CCC(N2C(=O)c3ccc(OBO)c4cccc2c34)C(=O)N1. The quantitative estimate of drug-likeness (QED) is 0.623. The van der Waals surface area contributed by atoms with Crippen LogP contribution in [0.1, 0.15) is 23.2 Å². The number of benzene rings is 2. The summed E-state index contributed by atoms with van der Waals surface area (Å²) in [6, 6.07) is 7.88. The minimum Gasteiger partial charge on any atom is -0.538 e. The molecule has 0 bridgehead atoms. The summed E-state index contributed by atoms with van der Waals surface area (Å²) in [6.07, 6.45) is 0.492. The first-order valence-electron chi connectivity index (χ1n) is 7.58. The minimum absolute atomic E-state index is 0.200. The van der Waals surface area contributed by atoms with Crippen LogP contribution in [0.25, 0.3) is 10.8 Å². The lowest BCUT2D eigenvalue weighted by atomic mass is 10.0. The molecule has 0 aliphatic carbocycles. The maximum absolute atomic E-state index is 12.8. The van der Waals surface area contributed by atoms with Gasteiger partial charge >= 0.3 is 7.69 Å². The number of piperidine rings is 1. The van der Waals surface area contributed by atoms with Crippen LogP contribution in [0, 0.1) is 0 Å². The third kappa shape index (κ3) is 2.00. The summed E-state index contributed by atoms with van der Waals surface area (Å²) in [4.78, 5) is 37.8.